The minimum absolute atomic E-state index is 0.000426. The van der Waals surface area contributed by atoms with E-state index < -0.39 is 0 Å². The van der Waals surface area contributed by atoms with Crippen LogP contribution in [0.5, 0.6) is 5.75 Å². The third-order valence-corrected chi connectivity index (χ3v) is 4.78. The van der Waals surface area contributed by atoms with Gasteiger partial charge in [-0.25, -0.2) is 0 Å². The van der Waals surface area contributed by atoms with Gasteiger partial charge in [0.2, 0.25) is 5.91 Å². The van der Waals surface area contributed by atoms with E-state index in [1.165, 1.54) is 0 Å². The molecule has 0 aliphatic rings. The second-order valence-electron chi connectivity index (χ2n) is 5.12. The Morgan fingerprint density at radius 1 is 1.22 bits per heavy atom. The molecule has 0 aliphatic heterocycles. The Hall–Kier alpha value is -1.65. The van der Waals surface area contributed by atoms with E-state index in [9.17, 15) is 4.79 Å². The highest BCUT2D eigenvalue weighted by atomic mass is 35.5. The maximum Gasteiger partial charge on any atom is 0.230 e. The van der Waals surface area contributed by atoms with Crippen LogP contribution in [0.2, 0.25) is 5.02 Å². The van der Waals surface area contributed by atoms with E-state index in [1.54, 1.807) is 18.9 Å². The molecule has 0 spiro atoms. The van der Waals surface area contributed by atoms with Crippen LogP contribution < -0.4 is 10.1 Å². The van der Waals surface area contributed by atoms with E-state index in [0.717, 1.165) is 27.7 Å². The first kappa shape index (κ1) is 17.7. The van der Waals surface area contributed by atoms with Crippen molar-refractivity contribution >= 4 is 29.3 Å². The Balaban J connectivity index is 1.84. The molecule has 0 bridgehead atoms. The van der Waals surface area contributed by atoms with E-state index in [4.69, 9.17) is 16.3 Å². The maximum atomic E-state index is 12.1. The van der Waals surface area contributed by atoms with Crippen molar-refractivity contribution < 1.29 is 9.53 Å². The molecule has 1 atom stereocenters. The number of benzene rings is 2. The Kier molecular flexibility index (Phi) is 6.81. The Bertz CT molecular complexity index is 663. The van der Waals surface area contributed by atoms with Gasteiger partial charge < -0.3 is 10.1 Å². The zero-order valence-corrected chi connectivity index (χ0v) is 14.8. The van der Waals surface area contributed by atoms with Crippen LogP contribution >= 0.6 is 23.4 Å². The molecule has 23 heavy (non-hydrogen) atoms. The SMILES string of the molecule is COc1ccccc1C(C)NC(=O)CSCc1ccccc1Cl. The van der Waals surface area contributed by atoms with Gasteiger partial charge in [-0.05, 0) is 24.6 Å². The highest BCUT2D eigenvalue weighted by Crippen LogP contribution is 2.25. The fourth-order valence-electron chi connectivity index (χ4n) is 2.25. The second-order valence-corrected chi connectivity index (χ2v) is 6.51. The molecule has 0 fully saturated rings. The van der Waals surface area contributed by atoms with E-state index in [-0.39, 0.29) is 11.9 Å². The summed E-state index contributed by atoms with van der Waals surface area (Å²) in [5, 5.41) is 3.74. The number of nitrogens with one attached hydrogen (secondary N) is 1. The molecule has 3 nitrogen and oxygen atoms in total. The summed E-state index contributed by atoms with van der Waals surface area (Å²) >= 11 is 7.66. The average Bonchev–Trinajstić information content (AvgIpc) is 2.56. The van der Waals surface area contributed by atoms with Crippen LogP contribution in [0.3, 0.4) is 0 Å². The van der Waals surface area contributed by atoms with Crippen molar-refractivity contribution in [2.45, 2.75) is 18.7 Å². The van der Waals surface area contributed by atoms with Crippen molar-refractivity contribution in [2.75, 3.05) is 12.9 Å². The molecular formula is C18H20ClNO2S. The van der Waals surface area contributed by atoms with E-state index in [1.807, 2.05) is 55.5 Å². The Morgan fingerprint density at radius 3 is 2.65 bits per heavy atom. The fourth-order valence-corrected chi connectivity index (χ4v) is 3.38. The second kappa shape index (κ2) is 8.85. The first-order valence-electron chi connectivity index (χ1n) is 7.35. The van der Waals surface area contributed by atoms with E-state index in [0.29, 0.717) is 5.75 Å². The number of rotatable bonds is 7. The molecule has 2 aromatic carbocycles. The first-order valence-corrected chi connectivity index (χ1v) is 8.88. The number of methoxy groups -OCH3 is 1. The quantitative estimate of drug-likeness (QED) is 0.802. The van der Waals surface area contributed by atoms with Crippen LogP contribution in [-0.4, -0.2) is 18.8 Å². The molecule has 2 aromatic rings. The number of hydrogen-bond donors (Lipinski definition) is 1. The molecule has 0 radical (unpaired) electrons. The van der Waals surface area contributed by atoms with Crippen molar-refractivity contribution in [1.82, 2.24) is 5.32 Å². The predicted octanol–water partition coefficient (Wildman–Crippen LogP) is 4.46. The normalized spacial score (nSPS) is 11.8. The summed E-state index contributed by atoms with van der Waals surface area (Å²) in [4.78, 5) is 12.1. The third-order valence-electron chi connectivity index (χ3n) is 3.43. The molecular weight excluding hydrogens is 330 g/mol. The van der Waals surface area contributed by atoms with Gasteiger partial charge in [-0.1, -0.05) is 48.0 Å². The molecule has 5 heteroatoms. The van der Waals surface area contributed by atoms with Gasteiger partial charge in [0.1, 0.15) is 5.75 Å². The number of ether oxygens (including phenoxy) is 1. The summed E-state index contributed by atoms with van der Waals surface area (Å²) in [6, 6.07) is 15.3. The number of amides is 1. The van der Waals surface area contributed by atoms with Crippen molar-refractivity contribution in [1.29, 1.82) is 0 Å². The highest BCUT2D eigenvalue weighted by Gasteiger charge is 2.13. The van der Waals surface area contributed by atoms with Gasteiger partial charge in [0.25, 0.3) is 0 Å². The topological polar surface area (TPSA) is 38.3 Å². The number of halogens is 1. The van der Waals surface area contributed by atoms with Crippen LogP contribution in [0.4, 0.5) is 0 Å². The van der Waals surface area contributed by atoms with Crippen LogP contribution in [0.25, 0.3) is 0 Å². The minimum Gasteiger partial charge on any atom is -0.496 e. The molecule has 122 valence electrons. The summed E-state index contributed by atoms with van der Waals surface area (Å²) in [6.07, 6.45) is 0. The largest absolute Gasteiger partial charge is 0.496 e. The third kappa shape index (κ3) is 5.19. The number of thioether (sulfide) groups is 1. The molecule has 1 amide bonds. The van der Waals surface area contributed by atoms with Crippen LogP contribution in [-0.2, 0) is 10.5 Å². The lowest BCUT2D eigenvalue weighted by Gasteiger charge is -2.17. The lowest BCUT2D eigenvalue weighted by molar-refractivity contribution is -0.119. The molecule has 0 saturated heterocycles. The fraction of sp³-hybridized carbons (Fsp3) is 0.278. The first-order chi connectivity index (χ1) is 11.1. The number of carbonyl (C=O) groups is 1. The minimum atomic E-state index is -0.0976. The molecule has 0 aliphatic carbocycles. The summed E-state index contributed by atoms with van der Waals surface area (Å²) < 4.78 is 5.33. The van der Waals surface area contributed by atoms with Gasteiger partial charge in [0.15, 0.2) is 0 Å². The molecule has 1 unspecified atom stereocenters. The molecule has 0 heterocycles. The molecule has 0 aromatic heterocycles. The lowest BCUT2D eigenvalue weighted by Crippen LogP contribution is -2.28. The lowest BCUT2D eigenvalue weighted by atomic mass is 10.1. The highest BCUT2D eigenvalue weighted by molar-refractivity contribution is 7.99. The van der Waals surface area contributed by atoms with Crippen molar-refractivity contribution in [3.8, 4) is 5.75 Å². The van der Waals surface area contributed by atoms with Gasteiger partial charge >= 0.3 is 0 Å². The summed E-state index contributed by atoms with van der Waals surface area (Å²) in [7, 11) is 1.63. The zero-order valence-electron chi connectivity index (χ0n) is 13.2. The van der Waals surface area contributed by atoms with E-state index in [2.05, 4.69) is 5.32 Å². The van der Waals surface area contributed by atoms with Crippen molar-refractivity contribution in [2.24, 2.45) is 0 Å². The smallest absolute Gasteiger partial charge is 0.230 e. The Morgan fingerprint density at radius 2 is 1.91 bits per heavy atom. The average molecular weight is 350 g/mol. The van der Waals surface area contributed by atoms with Crippen LogP contribution in [0, 0.1) is 0 Å². The van der Waals surface area contributed by atoms with Crippen molar-refractivity contribution in [3.05, 3.63) is 64.7 Å². The predicted molar refractivity (Wildman–Crippen MR) is 97.2 cm³/mol. The monoisotopic (exact) mass is 349 g/mol. The van der Waals surface area contributed by atoms with Gasteiger partial charge in [0.05, 0.1) is 18.9 Å². The zero-order chi connectivity index (χ0) is 16.7. The van der Waals surface area contributed by atoms with Gasteiger partial charge in [-0.15, -0.1) is 11.8 Å². The van der Waals surface area contributed by atoms with Gasteiger partial charge in [0, 0.05) is 16.3 Å². The maximum absolute atomic E-state index is 12.1. The van der Waals surface area contributed by atoms with E-state index >= 15 is 0 Å². The summed E-state index contributed by atoms with van der Waals surface area (Å²) in [5.41, 5.74) is 2.02. The number of carbonyl (C=O) groups excluding carboxylic acids is 1. The number of para-hydroxylation sites is 1. The molecule has 1 N–H and O–H groups in total. The van der Waals surface area contributed by atoms with Gasteiger partial charge in [-0.2, -0.15) is 0 Å². The molecule has 2 rings (SSSR count). The Labute approximate surface area is 146 Å². The van der Waals surface area contributed by atoms with Crippen molar-refractivity contribution in [3.63, 3.8) is 0 Å². The van der Waals surface area contributed by atoms with Gasteiger partial charge in [-0.3, -0.25) is 4.79 Å². The molecule has 0 saturated carbocycles. The standard InChI is InChI=1S/C18H20ClNO2S/c1-13(15-8-4-6-10-17(15)22-2)20-18(21)12-23-11-14-7-3-5-9-16(14)19/h3-10,13H,11-12H2,1-2H3,(H,20,21). The van der Waals surface area contributed by atoms with Crippen LogP contribution in [0.1, 0.15) is 24.1 Å². The van der Waals surface area contributed by atoms with Crippen LogP contribution in [0.15, 0.2) is 48.5 Å². The number of hydrogen-bond acceptors (Lipinski definition) is 3. The summed E-state index contributed by atoms with van der Waals surface area (Å²) in [5.74, 6) is 1.89. The summed E-state index contributed by atoms with van der Waals surface area (Å²) in [6.45, 7) is 1.95.